The molecule has 0 aromatic carbocycles. The fourth-order valence-electron chi connectivity index (χ4n) is 2.17. The van der Waals surface area contributed by atoms with Crippen LogP contribution in [-0.4, -0.2) is 33.3 Å². The van der Waals surface area contributed by atoms with Crippen molar-refractivity contribution in [2.45, 2.75) is 19.4 Å². The Kier molecular flexibility index (Phi) is 3.83. The van der Waals surface area contributed by atoms with Crippen LogP contribution in [0.15, 0.2) is 35.2 Å². The topological polar surface area (TPSA) is 77.5 Å². The maximum absolute atomic E-state index is 5.47. The third-order valence-electron chi connectivity index (χ3n) is 3.21. The number of hydrogen-bond donors (Lipinski definition) is 1. The van der Waals surface area contributed by atoms with Crippen molar-refractivity contribution in [2.24, 2.45) is 0 Å². The van der Waals surface area contributed by atoms with Gasteiger partial charge in [0.15, 0.2) is 0 Å². The second-order valence-electron chi connectivity index (χ2n) is 4.63. The number of aryl methyl sites for hydroxylation is 1. The molecule has 0 radical (unpaired) electrons. The van der Waals surface area contributed by atoms with Crippen LogP contribution in [0, 0.1) is 0 Å². The molecule has 0 bridgehead atoms. The number of furan rings is 1. The first kappa shape index (κ1) is 13.6. The van der Waals surface area contributed by atoms with Crippen LogP contribution >= 0.6 is 0 Å². The van der Waals surface area contributed by atoms with Crippen molar-refractivity contribution in [2.75, 3.05) is 19.0 Å². The van der Waals surface area contributed by atoms with Crippen LogP contribution in [0.2, 0.25) is 0 Å². The minimum Gasteiger partial charge on any atom is -0.467 e. The molecule has 3 heterocycles. The highest BCUT2D eigenvalue weighted by atomic mass is 16.5. The molecule has 0 spiro atoms. The van der Waals surface area contributed by atoms with Crippen LogP contribution in [0.5, 0.6) is 0 Å². The van der Waals surface area contributed by atoms with E-state index in [1.54, 1.807) is 17.9 Å². The Morgan fingerprint density at radius 2 is 2.38 bits per heavy atom. The van der Waals surface area contributed by atoms with E-state index in [4.69, 9.17) is 9.15 Å². The van der Waals surface area contributed by atoms with Gasteiger partial charge in [-0.15, -0.1) is 0 Å². The normalized spacial score (nSPS) is 12.7. The lowest BCUT2D eigenvalue weighted by Crippen LogP contribution is -2.18. The molecule has 3 aromatic heterocycles. The van der Waals surface area contributed by atoms with Crippen LogP contribution in [0.4, 0.5) is 5.82 Å². The van der Waals surface area contributed by atoms with Gasteiger partial charge in [-0.05, 0) is 18.6 Å². The molecule has 1 atom stereocenters. The largest absolute Gasteiger partial charge is 0.467 e. The summed E-state index contributed by atoms with van der Waals surface area (Å²) in [5.41, 5.74) is 0.952. The van der Waals surface area contributed by atoms with Crippen molar-refractivity contribution in [3.63, 3.8) is 0 Å². The lowest BCUT2D eigenvalue weighted by atomic mass is 10.2. The second-order valence-corrected chi connectivity index (χ2v) is 4.63. The Hall–Kier alpha value is -2.41. The van der Waals surface area contributed by atoms with E-state index < -0.39 is 0 Å². The number of aromatic nitrogens is 4. The molecule has 0 aliphatic carbocycles. The molecule has 0 fully saturated rings. The van der Waals surface area contributed by atoms with E-state index >= 15 is 0 Å². The number of nitrogens with one attached hydrogen (secondary N) is 1. The quantitative estimate of drug-likeness (QED) is 0.748. The average molecular weight is 287 g/mol. The fraction of sp³-hybridized carbons (Fsp3) is 0.357. The van der Waals surface area contributed by atoms with Crippen molar-refractivity contribution < 1.29 is 9.15 Å². The molecule has 1 N–H and O–H groups in total. The van der Waals surface area contributed by atoms with Crippen LogP contribution in [0.25, 0.3) is 5.78 Å². The number of ether oxygens (including phenoxy) is 1. The lowest BCUT2D eigenvalue weighted by Gasteiger charge is -2.17. The van der Waals surface area contributed by atoms with E-state index in [0.29, 0.717) is 12.4 Å². The molecule has 1 unspecified atom stereocenters. The summed E-state index contributed by atoms with van der Waals surface area (Å²) in [5, 5.41) is 7.59. The third-order valence-corrected chi connectivity index (χ3v) is 3.21. The molecule has 3 aromatic rings. The SMILES string of the molecule is CCc1cc(NC(COC)c2ccco2)n2ncnc2n1. The van der Waals surface area contributed by atoms with Gasteiger partial charge < -0.3 is 14.5 Å². The van der Waals surface area contributed by atoms with Crippen molar-refractivity contribution >= 4 is 11.6 Å². The molecule has 21 heavy (non-hydrogen) atoms. The van der Waals surface area contributed by atoms with E-state index in [1.807, 2.05) is 18.2 Å². The smallest absolute Gasteiger partial charge is 0.254 e. The molecule has 7 nitrogen and oxygen atoms in total. The number of hydrogen-bond acceptors (Lipinski definition) is 6. The number of anilines is 1. The lowest BCUT2D eigenvalue weighted by molar-refractivity contribution is 0.178. The van der Waals surface area contributed by atoms with Gasteiger partial charge in [-0.2, -0.15) is 14.6 Å². The Morgan fingerprint density at radius 1 is 1.48 bits per heavy atom. The zero-order valence-electron chi connectivity index (χ0n) is 12.0. The van der Waals surface area contributed by atoms with Crippen molar-refractivity contribution in [1.82, 2.24) is 19.6 Å². The molecule has 0 saturated heterocycles. The van der Waals surface area contributed by atoms with Crippen LogP contribution in [-0.2, 0) is 11.2 Å². The van der Waals surface area contributed by atoms with E-state index in [-0.39, 0.29) is 6.04 Å². The van der Waals surface area contributed by atoms with Crippen LogP contribution < -0.4 is 5.32 Å². The summed E-state index contributed by atoms with van der Waals surface area (Å²) in [6.07, 6.45) is 3.97. The summed E-state index contributed by atoms with van der Waals surface area (Å²) < 4.78 is 12.4. The summed E-state index contributed by atoms with van der Waals surface area (Å²) >= 11 is 0. The molecule has 0 amide bonds. The number of rotatable bonds is 6. The summed E-state index contributed by atoms with van der Waals surface area (Å²) in [6, 6.07) is 5.63. The van der Waals surface area contributed by atoms with Gasteiger partial charge in [0.2, 0.25) is 0 Å². The number of fused-ring (bicyclic) bond motifs is 1. The fourth-order valence-corrected chi connectivity index (χ4v) is 2.17. The molecule has 0 saturated carbocycles. The third kappa shape index (κ3) is 2.73. The predicted molar refractivity (Wildman–Crippen MR) is 77.1 cm³/mol. The molecular weight excluding hydrogens is 270 g/mol. The Balaban J connectivity index is 1.97. The first-order valence-corrected chi connectivity index (χ1v) is 6.80. The Bertz CT molecular complexity index is 707. The summed E-state index contributed by atoms with van der Waals surface area (Å²) in [6.45, 7) is 2.53. The molecule has 110 valence electrons. The second kappa shape index (κ2) is 5.92. The molecular formula is C14H17N5O2. The van der Waals surface area contributed by atoms with Gasteiger partial charge in [-0.25, -0.2) is 4.98 Å². The van der Waals surface area contributed by atoms with Gasteiger partial charge in [0.25, 0.3) is 5.78 Å². The highest BCUT2D eigenvalue weighted by molar-refractivity contribution is 5.46. The standard InChI is InChI=1S/C14H17N5O2/c1-3-10-7-13(19-14(17-10)15-9-16-19)18-11(8-20-2)12-5-4-6-21-12/h4-7,9,11,18H,3,8H2,1-2H3. The Morgan fingerprint density at radius 3 is 3.10 bits per heavy atom. The minimum absolute atomic E-state index is 0.107. The molecule has 0 aliphatic rings. The highest BCUT2D eigenvalue weighted by Crippen LogP contribution is 2.21. The average Bonchev–Trinajstić information content (AvgIpc) is 3.17. The Labute approximate surface area is 122 Å². The molecule has 3 rings (SSSR count). The first-order valence-electron chi connectivity index (χ1n) is 6.80. The van der Waals surface area contributed by atoms with Gasteiger partial charge in [-0.3, -0.25) is 0 Å². The zero-order valence-corrected chi connectivity index (χ0v) is 12.0. The molecule has 0 aliphatic heterocycles. The first-order chi connectivity index (χ1) is 10.3. The number of nitrogens with zero attached hydrogens (tertiary/aromatic N) is 4. The monoisotopic (exact) mass is 287 g/mol. The van der Waals surface area contributed by atoms with E-state index in [0.717, 1.165) is 23.7 Å². The van der Waals surface area contributed by atoms with E-state index in [1.165, 1.54) is 6.33 Å². The summed E-state index contributed by atoms with van der Waals surface area (Å²) in [7, 11) is 1.66. The highest BCUT2D eigenvalue weighted by Gasteiger charge is 2.17. The van der Waals surface area contributed by atoms with Crippen molar-refractivity contribution in [3.05, 3.63) is 42.2 Å². The van der Waals surface area contributed by atoms with Gasteiger partial charge in [0, 0.05) is 18.9 Å². The van der Waals surface area contributed by atoms with Crippen molar-refractivity contribution in [3.8, 4) is 0 Å². The summed E-state index contributed by atoms with van der Waals surface area (Å²) in [4.78, 5) is 8.58. The maximum Gasteiger partial charge on any atom is 0.254 e. The van der Waals surface area contributed by atoms with E-state index in [2.05, 4.69) is 27.3 Å². The van der Waals surface area contributed by atoms with E-state index in [9.17, 15) is 0 Å². The minimum atomic E-state index is -0.107. The summed E-state index contributed by atoms with van der Waals surface area (Å²) in [5.74, 6) is 2.19. The van der Waals surface area contributed by atoms with Crippen molar-refractivity contribution in [1.29, 1.82) is 0 Å². The molecule has 7 heteroatoms. The van der Waals surface area contributed by atoms with Gasteiger partial charge >= 0.3 is 0 Å². The van der Waals surface area contributed by atoms with Crippen LogP contribution in [0.1, 0.15) is 24.4 Å². The van der Waals surface area contributed by atoms with Crippen LogP contribution in [0.3, 0.4) is 0 Å². The number of methoxy groups -OCH3 is 1. The maximum atomic E-state index is 5.47. The predicted octanol–water partition coefficient (Wildman–Crippen LogP) is 2.08. The van der Waals surface area contributed by atoms with Gasteiger partial charge in [-0.1, -0.05) is 6.92 Å². The van der Waals surface area contributed by atoms with Gasteiger partial charge in [0.1, 0.15) is 23.9 Å². The van der Waals surface area contributed by atoms with Gasteiger partial charge in [0.05, 0.1) is 12.9 Å². The zero-order chi connectivity index (χ0) is 14.7.